The maximum atomic E-state index is 14.4. The normalized spacial score (nSPS) is 15.7. The van der Waals surface area contributed by atoms with E-state index in [0.29, 0.717) is 36.3 Å². The maximum Gasteiger partial charge on any atom is 0.341 e. The Morgan fingerprint density at radius 3 is 2.64 bits per heavy atom. The highest BCUT2D eigenvalue weighted by atomic mass is 32.2. The molecule has 0 bridgehead atoms. The molecule has 1 aromatic heterocycles. The van der Waals surface area contributed by atoms with Crippen LogP contribution in [0.3, 0.4) is 0 Å². The Kier molecular flexibility index (Phi) is 7.42. The minimum absolute atomic E-state index is 0.0784. The third kappa shape index (κ3) is 5.12. The number of rotatable bonds is 8. The predicted octanol–water partition coefficient (Wildman–Crippen LogP) is 5.17. The molecule has 0 aliphatic heterocycles. The Morgan fingerprint density at radius 1 is 1.19 bits per heavy atom. The highest BCUT2D eigenvalue weighted by Gasteiger charge is 2.34. The van der Waals surface area contributed by atoms with Crippen LogP contribution < -0.4 is 4.74 Å². The van der Waals surface area contributed by atoms with E-state index in [9.17, 15) is 17.6 Å². The summed E-state index contributed by atoms with van der Waals surface area (Å²) in [4.78, 5) is 15.2. The number of aliphatic carboxylic acids is 1. The Balaban J connectivity index is 1.62. The Hall–Kier alpha value is -3.30. The Bertz CT molecular complexity index is 1370. The second-order valence-corrected chi connectivity index (χ2v) is 11.2. The fourth-order valence-corrected chi connectivity index (χ4v) is 5.85. The van der Waals surface area contributed by atoms with Gasteiger partial charge in [-0.25, -0.2) is 22.6 Å². The summed E-state index contributed by atoms with van der Waals surface area (Å²) in [5.41, 5.74) is 4.07. The molecular weight excluding hydrogens is 483 g/mol. The average Bonchev–Trinajstić information content (AvgIpc) is 2.87. The SMILES string of the molecule is CC(C)c1cccc(-c2ccc(S(=O)(=O)N(C)C3CCCc4c3ccc(F)c4OCC(=O)O)nc2)c1. The van der Waals surface area contributed by atoms with Gasteiger partial charge in [-0.1, -0.05) is 44.2 Å². The molecule has 1 heterocycles. The fourth-order valence-electron chi connectivity index (χ4n) is 4.58. The van der Waals surface area contributed by atoms with E-state index in [1.807, 2.05) is 12.1 Å². The summed E-state index contributed by atoms with van der Waals surface area (Å²) in [5.74, 6) is -1.64. The van der Waals surface area contributed by atoms with Crippen LogP contribution in [0.25, 0.3) is 11.1 Å². The maximum absolute atomic E-state index is 14.4. The van der Waals surface area contributed by atoms with Crippen LogP contribution in [-0.4, -0.2) is 42.4 Å². The number of benzene rings is 2. The molecule has 190 valence electrons. The molecule has 0 saturated carbocycles. The molecule has 0 amide bonds. The number of ether oxygens (including phenoxy) is 1. The third-order valence-electron chi connectivity index (χ3n) is 6.56. The van der Waals surface area contributed by atoms with Gasteiger partial charge in [-0.2, -0.15) is 4.31 Å². The van der Waals surface area contributed by atoms with Crippen LogP contribution in [-0.2, 0) is 21.2 Å². The summed E-state index contributed by atoms with van der Waals surface area (Å²) >= 11 is 0. The van der Waals surface area contributed by atoms with Gasteiger partial charge >= 0.3 is 5.97 Å². The summed E-state index contributed by atoms with van der Waals surface area (Å²) in [6.45, 7) is 3.55. The molecule has 2 aromatic carbocycles. The van der Waals surface area contributed by atoms with Crippen LogP contribution in [0.1, 0.15) is 55.3 Å². The molecule has 7 nitrogen and oxygen atoms in total. The number of halogens is 1. The first-order valence-corrected chi connectivity index (χ1v) is 13.2. The third-order valence-corrected chi connectivity index (χ3v) is 8.34. The lowest BCUT2D eigenvalue weighted by atomic mass is 9.87. The van der Waals surface area contributed by atoms with Gasteiger partial charge < -0.3 is 9.84 Å². The molecule has 4 rings (SSSR count). The fraction of sp³-hybridized carbons (Fsp3) is 0.333. The van der Waals surface area contributed by atoms with Gasteiger partial charge in [0.1, 0.15) is 0 Å². The summed E-state index contributed by atoms with van der Waals surface area (Å²) in [7, 11) is -2.47. The minimum atomic E-state index is -3.96. The van der Waals surface area contributed by atoms with Crippen molar-refractivity contribution in [3.8, 4) is 16.9 Å². The average molecular weight is 513 g/mol. The standard InChI is InChI=1S/C27H29FN2O5S/c1-17(2)18-6-4-7-19(14-18)20-10-13-25(29-15-20)36(33,34)30(3)24-9-5-8-22-21(24)11-12-23(28)27(22)35-16-26(31)32/h4,6-7,10-15,17,24H,5,8-9,16H2,1-3H3,(H,31,32). The van der Waals surface area contributed by atoms with Gasteiger partial charge in [-0.05, 0) is 60.1 Å². The first-order chi connectivity index (χ1) is 17.1. The number of fused-ring (bicyclic) bond motifs is 1. The smallest absolute Gasteiger partial charge is 0.341 e. The zero-order chi connectivity index (χ0) is 26.0. The van der Waals surface area contributed by atoms with Gasteiger partial charge in [-0.15, -0.1) is 0 Å². The van der Waals surface area contributed by atoms with Crippen LogP contribution >= 0.6 is 0 Å². The highest BCUT2D eigenvalue weighted by Crippen LogP contribution is 2.41. The van der Waals surface area contributed by atoms with Crippen molar-refractivity contribution in [1.82, 2.24) is 9.29 Å². The highest BCUT2D eigenvalue weighted by molar-refractivity contribution is 7.89. The zero-order valence-corrected chi connectivity index (χ0v) is 21.3. The van der Waals surface area contributed by atoms with E-state index in [1.165, 1.54) is 29.0 Å². The monoisotopic (exact) mass is 512 g/mol. The molecule has 0 radical (unpaired) electrons. The first-order valence-electron chi connectivity index (χ1n) is 11.8. The Labute approximate surface area is 210 Å². The number of hydrogen-bond donors (Lipinski definition) is 1. The van der Waals surface area contributed by atoms with E-state index in [0.717, 1.165) is 11.1 Å². The predicted molar refractivity (Wildman–Crippen MR) is 134 cm³/mol. The molecule has 1 N–H and O–H groups in total. The van der Waals surface area contributed by atoms with Gasteiger partial charge in [0.25, 0.3) is 10.0 Å². The van der Waals surface area contributed by atoms with E-state index in [-0.39, 0.29) is 10.8 Å². The second kappa shape index (κ2) is 10.4. The molecular formula is C27H29FN2O5S. The van der Waals surface area contributed by atoms with E-state index in [2.05, 4.69) is 31.0 Å². The molecule has 1 atom stereocenters. The molecule has 0 spiro atoms. The lowest BCUT2D eigenvalue weighted by Crippen LogP contribution is -2.34. The van der Waals surface area contributed by atoms with E-state index >= 15 is 0 Å². The van der Waals surface area contributed by atoms with Crippen molar-refractivity contribution in [2.45, 2.75) is 50.1 Å². The molecule has 36 heavy (non-hydrogen) atoms. The number of carboxylic acid groups (broad SMARTS) is 1. The van der Waals surface area contributed by atoms with Gasteiger partial charge in [-0.3, -0.25) is 0 Å². The number of pyridine rings is 1. The van der Waals surface area contributed by atoms with Gasteiger partial charge in [0.2, 0.25) is 0 Å². The first kappa shape index (κ1) is 25.8. The van der Waals surface area contributed by atoms with Crippen molar-refractivity contribution < 1.29 is 27.4 Å². The number of nitrogens with zero attached hydrogens (tertiary/aromatic N) is 2. The van der Waals surface area contributed by atoms with Crippen LogP contribution in [0, 0.1) is 5.82 Å². The quantitative estimate of drug-likeness (QED) is 0.447. The summed E-state index contributed by atoms with van der Waals surface area (Å²) in [6.07, 6.45) is 3.16. The lowest BCUT2D eigenvalue weighted by Gasteiger charge is -2.33. The van der Waals surface area contributed by atoms with Crippen molar-refractivity contribution in [1.29, 1.82) is 0 Å². The van der Waals surface area contributed by atoms with Gasteiger partial charge in [0.15, 0.2) is 23.2 Å². The molecule has 1 aliphatic carbocycles. The van der Waals surface area contributed by atoms with Crippen LogP contribution in [0.2, 0.25) is 0 Å². The topological polar surface area (TPSA) is 96.8 Å². The van der Waals surface area contributed by atoms with Crippen LogP contribution in [0.5, 0.6) is 5.75 Å². The van der Waals surface area contributed by atoms with Crippen molar-refractivity contribution >= 4 is 16.0 Å². The van der Waals surface area contributed by atoms with E-state index in [4.69, 9.17) is 9.84 Å². The molecule has 0 saturated heterocycles. The molecule has 0 fully saturated rings. The molecule has 1 unspecified atom stereocenters. The zero-order valence-electron chi connectivity index (χ0n) is 20.4. The largest absolute Gasteiger partial charge is 0.479 e. The van der Waals surface area contributed by atoms with Gasteiger partial charge in [0.05, 0.1) is 6.04 Å². The second-order valence-electron chi connectivity index (χ2n) is 9.22. The number of carboxylic acids is 1. The van der Waals surface area contributed by atoms with Gasteiger partial charge in [0, 0.05) is 24.4 Å². The van der Waals surface area contributed by atoms with Crippen molar-refractivity contribution in [2.75, 3.05) is 13.7 Å². The lowest BCUT2D eigenvalue weighted by molar-refractivity contribution is -0.139. The summed E-state index contributed by atoms with van der Waals surface area (Å²) in [5, 5.41) is 8.85. The molecule has 1 aliphatic rings. The molecule has 9 heteroatoms. The van der Waals surface area contributed by atoms with Crippen molar-refractivity contribution in [2.24, 2.45) is 0 Å². The number of carbonyl (C=O) groups is 1. The van der Waals surface area contributed by atoms with E-state index < -0.39 is 34.5 Å². The number of aromatic nitrogens is 1. The van der Waals surface area contributed by atoms with Crippen molar-refractivity contribution in [3.05, 3.63) is 77.2 Å². The minimum Gasteiger partial charge on any atom is -0.479 e. The van der Waals surface area contributed by atoms with Crippen LogP contribution in [0.15, 0.2) is 59.8 Å². The summed E-state index contributed by atoms with van der Waals surface area (Å²) < 4.78 is 47.9. The Morgan fingerprint density at radius 2 is 1.97 bits per heavy atom. The van der Waals surface area contributed by atoms with Crippen LogP contribution in [0.4, 0.5) is 4.39 Å². The summed E-state index contributed by atoms with van der Waals surface area (Å²) in [6, 6.07) is 13.5. The number of hydrogen-bond acceptors (Lipinski definition) is 5. The molecule has 3 aromatic rings. The number of sulfonamides is 1. The van der Waals surface area contributed by atoms with E-state index in [1.54, 1.807) is 18.3 Å². The van der Waals surface area contributed by atoms with Crippen molar-refractivity contribution in [3.63, 3.8) is 0 Å².